The summed E-state index contributed by atoms with van der Waals surface area (Å²) < 4.78 is 5.30. The highest BCUT2D eigenvalue weighted by Gasteiger charge is 2.35. The third kappa shape index (κ3) is 9.79. The van der Waals surface area contributed by atoms with Gasteiger partial charge < -0.3 is 20.3 Å². The maximum absolute atomic E-state index is 13.6. The van der Waals surface area contributed by atoms with Crippen LogP contribution in [0.15, 0.2) is 36.9 Å². The van der Waals surface area contributed by atoms with E-state index in [2.05, 4.69) is 43.7 Å². The molecule has 0 heterocycles. The van der Waals surface area contributed by atoms with Gasteiger partial charge >= 0.3 is 6.09 Å². The van der Waals surface area contributed by atoms with Crippen molar-refractivity contribution in [3.05, 3.63) is 48.0 Å². The largest absolute Gasteiger partial charge is 0.444 e. The minimum absolute atomic E-state index is 0.0470. The van der Waals surface area contributed by atoms with Crippen LogP contribution in [0.3, 0.4) is 0 Å². The molecule has 0 aliphatic rings. The molecule has 190 valence electrons. The number of carbonyl (C=O) groups is 3. The van der Waals surface area contributed by atoms with E-state index in [4.69, 9.17) is 4.74 Å². The normalized spacial score (nSPS) is 12.9. The molecule has 0 bridgehead atoms. The molecule has 1 rings (SSSR count). The van der Waals surface area contributed by atoms with E-state index in [0.717, 1.165) is 31.2 Å². The molecule has 34 heavy (non-hydrogen) atoms. The number of amides is 3. The molecule has 8 heteroatoms. The molecular weight excluding hydrogens is 450 g/mol. The second kappa shape index (κ2) is 14.7. The second-order valence-corrected chi connectivity index (χ2v) is 9.52. The van der Waals surface area contributed by atoms with Gasteiger partial charge in [-0.2, -0.15) is 12.6 Å². The number of nitrogens with zero attached hydrogens (tertiary/aromatic N) is 1. The molecule has 0 aliphatic heterocycles. The Morgan fingerprint density at radius 3 is 2.29 bits per heavy atom. The average Bonchev–Trinajstić information content (AvgIpc) is 2.78. The van der Waals surface area contributed by atoms with E-state index >= 15 is 0 Å². The highest BCUT2D eigenvalue weighted by Crippen LogP contribution is 2.24. The lowest BCUT2D eigenvalue weighted by molar-refractivity contribution is -0.141. The monoisotopic (exact) mass is 491 g/mol. The first-order chi connectivity index (χ1) is 16.1. The number of thiol groups is 1. The lowest BCUT2D eigenvalue weighted by Gasteiger charge is -2.33. The Morgan fingerprint density at radius 1 is 1.15 bits per heavy atom. The minimum atomic E-state index is -0.969. The van der Waals surface area contributed by atoms with Gasteiger partial charge in [-0.15, -0.1) is 6.58 Å². The summed E-state index contributed by atoms with van der Waals surface area (Å²) >= 11 is 4.27. The molecule has 0 saturated carbocycles. The Bertz CT molecular complexity index is 805. The zero-order valence-corrected chi connectivity index (χ0v) is 22.1. The predicted molar refractivity (Wildman–Crippen MR) is 140 cm³/mol. The van der Waals surface area contributed by atoms with Crippen LogP contribution in [0.4, 0.5) is 4.79 Å². The molecule has 2 N–H and O–H groups in total. The second-order valence-electron chi connectivity index (χ2n) is 9.16. The zero-order valence-electron chi connectivity index (χ0n) is 21.2. The van der Waals surface area contributed by atoms with Crippen LogP contribution in [-0.2, 0) is 20.7 Å². The maximum Gasteiger partial charge on any atom is 0.408 e. The molecule has 1 aromatic carbocycles. The van der Waals surface area contributed by atoms with Crippen molar-refractivity contribution in [2.45, 2.75) is 78.0 Å². The molecule has 0 radical (unpaired) electrons. The number of ether oxygens (including phenoxy) is 1. The summed E-state index contributed by atoms with van der Waals surface area (Å²) in [7, 11) is 0. The van der Waals surface area contributed by atoms with E-state index in [1.165, 1.54) is 4.90 Å². The van der Waals surface area contributed by atoms with Crippen molar-refractivity contribution in [3.8, 4) is 0 Å². The highest BCUT2D eigenvalue weighted by molar-refractivity contribution is 7.80. The highest BCUT2D eigenvalue weighted by atomic mass is 32.1. The number of carbonyl (C=O) groups excluding carboxylic acids is 3. The van der Waals surface area contributed by atoms with Crippen LogP contribution >= 0.6 is 12.6 Å². The molecule has 2 atom stereocenters. The van der Waals surface area contributed by atoms with Crippen LogP contribution in [0.1, 0.15) is 71.0 Å². The fourth-order valence-electron chi connectivity index (χ4n) is 3.39. The van der Waals surface area contributed by atoms with E-state index in [1.54, 1.807) is 26.8 Å². The first kappa shape index (κ1) is 29.6. The zero-order chi connectivity index (χ0) is 25.7. The summed E-state index contributed by atoms with van der Waals surface area (Å²) in [5, 5.41) is 5.56. The lowest BCUT2D eigenvalue weighted by atomic mass is 10.0. The summed E-state index contributed by atoms with van der Waals surface area (Å²) in [5.41, 5.74) is 1.11. The van der Waals surface area contributed by atoms with E-state index < -0.39 is 29.7 Å². The first-order valence-electron chi connectivity index (χ1n) is 12.0. The van der Waals surface area contributed by atoms with Gasteiger partial charge in [0.2, 0.25) is 11.8 Å². The van der Waals surface area contributed by atoms with Gasteiger partial charge in [0.1, 0.15) is 17.7 Å². The summed E-state index contributed by atoms with van der Waals surface area (Å²) in [6.07, 6.45) is 4.63. The van der Waals surface area contributed by atoms with Gasteiger partial charge in [0.25, 0.3) is 0 Å². The van der Waals surface area contributed by atoms with E-state index in [-0.39, 0.29) is 18.2 Å². The van der Waals surface area contributed by atoms with Crippen molar-refractivity contribution in [2.75, 3.05) is 18.8 Å². The molecule has 0 aliphatic carbocycles. The quantitative estimate of drug-likeness (QED) is 0.216. The van der Waals surface area contributed by atoms with Gasteiger partial charge in [-0.3, -0.25) is 9.59 Å². The Hall–Kier alpha value is -2.48. The number of hydrogen-bond donors (Lipinski definition) is 3. The smallest absolute Gasteiger partial charge is 0.408 e. The Balaban J connectivity index is 3.26. The van der Waals surface area contributed by atoms with Crippen molar-refractivity contribution in [2.24, 2.45) is 0 Å². The van der Waals surface area contributed by atoms with Gasteiger partial charge in [0, 0.05) is 18.8 Å². The summed E-state index contributed by atoms with van der Waals surface area (Å²) in [6, 6.07) is 5.81. The lowest BCUT2D eigenvalue weighted by Crippen LogP contribution is -2.53. The van der Waals surface area contributed by atoms with Gasteiger partial charge in [-0.1, -0.05) is 57.0 Å². The number of rotatable bonds is 13. The maximum atomic E-state index is 13.6. The minimum Gasteiger partial charge on any atom is -0.444 e. The van der Waals surface area contributed by atoms with Crippen LogP contribution in [0, 0.1) is 0 Å². The van der Waals surface area contributed by atoms with Crippen molar-refractivity contribution in [1.29, 1.82) is 0 Å². The average molecular weight is 492 g/mol. The Kier molecular flexibility index (Phi) is 12.8. The first-order valence-corrected chi connectivity index (χ1v) is 12.6. The van der Waals surface area contributed by atoms with Crippen LogP contribution in [0.5, 0.6) is 0 Å². The van der Waals surface area contributed by atoms with Crippen LogP contribution < -0.4 is 10.6 Å². The standard InChI is InChI=1S/C26H41N3O4S/c1-7-10-11-16-27-23(30)22(20-14-12-19(9-3)13-15-20)29(17-8-2)24(31)21(18-34)28-25(32)33-26(4,5)6/h8,12-15,21-22,34H,2,7,9-11,16-18H2,1,3-6H3,(H,27,30)(H,28,32). The van der Waals surface area contributed by atoms with Crippen LogP contribution in [-0.4, -0.2) is 53.3 Å². The fourth-order valence-corrected chi connectivity index (χ4v) is 3.64. The molecule has 0 aromatic heterocycles. The molecular formula is C26H41N3O4S. The molecule has 0 fully saturated rings. The number of aryl methyl sites for hydroxylation is 1. The number of benzene rings is 1. The van der Waals surface area contributed by atoms with Gasteiger partial charge in [0.05, 0.1) is 0 Å². The number of nitrogens with one attached hydrogen (secondary N) is 2. The van der Waals surface area contributed by atoms with Crippen molar-refractivity contribution >= 4 is 30.5 Å². The van der Waals surface area contributed by atoms with E-state index in [0.29, 0.717) is 12.1 Å². The molecule has 7 nitrogen and oxygen atoms in total. The van der Waals surface area contributed by atoms with E-state index in [9.17, 15) is 14.4 Å². The molecule has 2 unspecified atom stereocenters. The van der Waals surface area contributed by atoms with Crippen LogP contribution in [0.25, 0.3) is 0 Å². The molecule has 0 spiro atoms. The Labute approximate surface area is 210 Å². The fraction of sp³-hybridized carbons (Fsp3) is 0.577. The summed E-state index contributed by atoms with van der Waals surface area (Å²) in [4.78, 5) is 40.6. The van der Waals surface area contributed by atoms with E-state index in [1.807, 2.05) is 24.3 Å². The number of hydrogen-bond acceptors (Lipinski definition) is 5. The van der Waals surface area contributed by atoms with Crippen LogP contribution in [0.2, 0.25) is 0 Å². The third-order valence-electron chi connectivity index (χ3n) is 5.12. The SMILES string of the molecule is C=CCN(C(=O)C(CS)NC(=O)OC(C)(C)C)C(C(=O)NCCCCC)c1ccc(CC)cc1. The number of alkyl carbamates (subject to hydrolysis) is 1. The topological polar surface area (TPSA) is 87.7 Å². The summed E-state index contributed by atoms with van der Waals surface area (Å²) in [5.74, 6) is -0.662. The van der Waals surface area contributed by atoms with Gasteiger partial charge in [-0.25, -0.2) is 4.79 Å². The molecule has 3 amide bonds. The van der Waals surface area contributed by atoms with Crippen molar-refractivity contribution in [1.82, 2.24) is 15.5 Å². The van der Waals surface area contributed by atoms with Crippen molar-refractivity contribution in [3.63, 3.8) is 0 Å². The third-order valence-corrected chi connectivity index (χ3v) is 5.49. The Morgan fingerprint density at radius 2 is 1.79 bits per heavy atom. The van der Waals surface area contributed by atoms with Gasteiger partial charge in [0.15, 0.2) is 0 Å². The summed E-state index contributed by atoms with van der Waals surface area (Å²) in [6.45, 7) is 13.8. The number of unbranched alkanes of at least 4 members (excludes halogenated alkanes) is 2. The van der Waals surface area contributed by atoms with Gasteiger partial charge in [-0.05, 0) is 44.7 Å². The molecule has 1 aromatic rings. The molecule has 0 saturated heterocycles. The van der Waals surface area contributed by atoms with Crippen molar-refractivity contribution < 1.29 is 19.1 Å². The predicted octanol–water partition coefficient (Wildman–Crippen LogP) is 4.43.